The molecule has 2 rings (SSSR count). The van der Waals surface area contributed by atoms with E-state index in [0.717, 1.165) is 12.8 Å². The molecule has 21 heavy (non-hydrogen) atoms. The first kappa shape index (κ1) is 15.4. The summed E-state index contributed by atoms with van der Waals surface area (Å²) < 4.78 is 10.6. The zero-order valence-corrected chi connectivity index (χ0v) is 12.0. The number of hydrogen-bond donors (Lipinski definition) is 2. The second kappa shape index (κ2) is 7.12. The van der Waals surface area contributed by atoms with Crippen LogP contribution in [-0.2, 0) is 11.3 Å². The lowest BCUT2D eigenvalue weighted by atomic mass is 10.1. The Hall–Kier alpha value is -2.02. The standard InChI is InChI=1S/C14H20N2O5/c1-2-20-10-5-7-16(8-6-10)14(19)15-9-11-3-4-12(21-11)13(17)18/h3-4,10H,2,5-9H2,1H3,(H,15,19)(H,17,18). The van der Waals surface area contributed by atoms with Crippen LogP contribution < -0.4 is 5.32 Å². The number of urea groups is 1. The Morgan fingerprint density at radius 3 is 2.71 bits per heavy atom. The summed E-state index contributed by atoms with van der Waals surface area (Å²) in [6.45, 7) is 4.16. The smallest absolute Gasteiger partial charge is 0.371 e. The summed E-state index contributed by atoms with van der Waals surface area (Å²) in [5, 5.41) is 11.5. The molecule has 0 unspecified atom stereocenters. The van der Waals surface area contributed by atoms with E-state index in [1.54, 1.807) is 11.0 Å². The zero-order valence-electron chi connectivity index (χ0n) is 12.0. The lowest BCUT2D eigenvalue weighted by molar-refractivity contribution is 0.0219. The lowest BCUT2D eigenvalue weighted by Crippen LogP contribution is -2.45. The number of carbonyl (C=O) groups is 2. The Morgan fingerprint density at radius 1 is 1.43 bits per heavy atom. The lowest BCUT2D eigenvalue weighted by Gasteiger charge is -2.31. The van der Waals surface area contributed by atoms with Crippen molar-refractivity contribution in [1.82, 2.24) is 10.2 Å². The van der Waals surface area contributed by atoms with Crippen LogP contribution in [0.25, 0.3) is 0 Å². The number of carboxylic acid groups (broad SMARTS) is 1. The third-order valence-electron chi connectivity index (χ3n) is 3.42. The highest BCUT2D eigenvalue weighted by molar-refractivity contribution is 5.84. The molecule has 1 aromatic heterocycles. The van der Waals surface area contributed by atoms with Crippen molar-refractivity contribution >= 4 is 12.0 Å². The summed E-state index contributed by atoms with van der Waals surface area (Å²) in [5.41, 5.74) is 0. The maximum atomic E-state index is 12.0. The van der Waals surface area contributed by atoms with Gasteiger partial charge >= 0.3 is 12.0 Å². The topological polar surface area (TPSA) is 92.0 Å². The SMILES string of the molecule is CCOC1CCN(C(=O)NCc2ccc(C(=O)O)o2)CC1. The number of hydrogen-bond acceptors (Lipinski definition) is 4. The minimum absolute atomic E-state index is 0.128. The molecule has 0 atom stereocenters. The number of aromatic carboxylic acids is 1. The van der Waals surface area contributed by atoms with E-state index in [1.165, 1.54) is 6.07 Å². The maximum Gasteiger partial charge on any atom is 0.371 e. The highest BCUT2D eigenvalue weighted by Gasteiger charge is 2.22. The number of piperidine rings is 1. The van der Waals surface area contributed by atoms with Gasteiger partial charge in [-0.3, -0.25) is 0 Å². The van der Waals surface area contributed by atoms with Gasteiger partial charge in [0.15, 0.2) is 0 Å². The summed E-state index contributed by atoms with van der Waals surface area (Å²) in [6.07, 6.45) is 1.92. The minimum atomic E-state index is -1.12. The molecule has 0 aromatic carbocycles. The predicted molar refractivity (Wildman–Crippen MR) is 74.1 cm³/mol. The fourth-order valence-corrected chi connectivity index (χ4v) is 2.32. The first-order valence-corrected chi connectivity index (χ1v) is 7.06. The van der Waals surface area contributed by atoms with Gasteiger partial charge in [0.25, 0.3) is 0 Å². The minimum Gasteiger partial charge on any atom is -0.475 e. The summed E-state index contributed by atoms with van der Waals surface area (Å²) in [5.74, 6) is -0.827. The van der Waals surface area contributed by atoms with Gasteiger partial charge in [-0.15, -0.1) is 0 Å². The molecule has 116 valence electrons. The van der Waals surface area contributed by atoms with Crippen molar-refractivity contribution in [2.45, 2.75) is 32.4 Å². The molecule has 1 fully saturated rings. The molecular weight excluding hydrogens is 276 g/mol. The van der Waals surface area contributed by atoms with Gasteiger partial charge in [-0.25, -0.2) is 9.59 Å². The van der Waals surface area contributed by atoms with Crippen LogP contribution in [0.2, 0.25) is 0 Å². The Kier molecular flexibility index (Phi) is 5.21. The Balaban J connectivity index is 1.75. The van der Waals surface area contributed by atoms with Gasteiger partial charge in [0.2, 0.25) is 5.76 Å². The average Bonchev–Trinajstić information content (AvgIpc) is 2.95. The third kappa shape index (κ3) is 4.22. The molecule has 2 N–H and O–H groups in total. The Morgan fingerprint density at radius 2 is 2.14 bits per heavy atom. The molecule has 7 heteroatoms. The molecule has 0 spiro atoms. The number of likely N-dealkylation sites (tertiary alicyclic amines) is 1. The summed E-state index contributed by atoms with van der Waals surface area (Å²) in [7, 11) is 0. The number of furan rings is 1. The molecule has 7 nitrogen and oxygen atoms in total. The van der Waals surface area contributed by atoms with Gasteiger partial charge in [0.1, 0.15) is 5.76 Å². The molecule has 1 saturated heterocycles. The van der Waals surface area contributed by atoms with Gasteiger partial charge in [0, 0.05) is 19.7 Å². The second-order valence-corrected chi connectivity index (χ2v) is 4.87. The third-order valence-corrected chi connectivity index (χ3v) is 3.42. The van der Waals surface area contributed by atoms with E-state index in [4.69, 9.17) is 14.3 Å². The summed E-state index contributed by atoms with van der Waals surface area (Å²) in [4.78, 5) is 24.4. The normalized spacial score (nSPS) is 16.0. The van der Waals surface area contributed by atoms with Crippen LogP contribution in [0.5, 0.6) is 0 Å². The van der Waals surface area contributed by atoms with Gasteiger partial charge in [-0.05, 0) is 31.9 Å². The molecule has 1 aromatic rings. The van der Waals surface area contributed by atoms with E-state index in [1.807, 2.05) is 6.92 Å². The number of carbonyl (C=O) groups excluding carboxylic acids is 1. The summed E-state index contributed by atoms with van der Waals surface area (Å²) in [6, 6.07) is 2.75. The molecule has 0 saturated carbocycles. The summed E-state index contributed by atoms with van der Waals surface area (Å²) >= 11 is 0. The number of amides is 2. The van der Waals surface area contributed by atoms with Gasteiger partial charge < -0.3 is 24.5 Å². The molecule has 1 aliphatic heterocycles. The van der Waals surface area contributed by atoms with Crippen LogP contribution in [-0.4, -0.2) is 47.8 Å². The van der Waals surface area contributed by atoms with E-state index in [-0.39, 0.29) is 24.4 Å². The molecule has 0 aliphatic carbocycles. The van der Waals surface area contributed by atoms with Crippen LogP contribution >= 0.6 is 0 Å². The molecular formula is C14H20N2O5. The monoisotopic (exact) mass is 296 g/mol. The zero-order chi connectivity index (χ0) is 15.2. The molecule has 0 radical (unpaired) electrons. The van der Waals surface area contributed by atoms with Gasteiger partial charge in [-0.1, -0.05) is 0 Å². The van der Waals surface area contributed by atoms with Crippen molar-refractivity contribution in [3.8, 4) is 0 Å². The number of rotatable bonds is 5. The van der Waals surface area contributed by atoms with Crippen molar-refractivity contribution in [2.24, 2.45) is 0 Å². The van der Waals surface area contributed by atoms with Crippen LogP contribution in [0.3, 0.4) is 0 Å². The second-order valence-electron chi connectivity index (χ2n) is 4.87. The highest BCUT2D eigenvalue weighted by atomic mass is 16.5. The van der Waals surface area contributed by atoms with Crippen molar-refractivity contribution in [3.05, 3.63) is 23.7 Å². The van der Waals surface area contributed by atoms with Gasteiger partial charge in [-0.2, -0.15) is 0 Å². The Bertz CT molecular complexity index is 491. The maximum absolute atomic E-state index is 12.0. The van der Waals surface area contributed by atoms with E-state index in [2.05, 4.69) is 5.32 Å². The van der Waals surface area contributed by atoms with Crippen LogP contribution in [0.1, 0.15) is 36.1 Å². The van der Waals surface area contributed by atoms with Crippen molar-refractivity contribution in [2.75, 3.05) is 19.7 Å². The number of nitrogens with zero attached hydrogens (tertiary/aromatic N) is 1. The first-order chi connectivity index (χ1) is 10.1. The Labute approximate surface area is 122 Å². The quantitative estimate of drug-likeness (QED) is 0.862. The predicted octanol–water partition coefficient (Wildman–Crippen LogP) is 1.69. The fraction of sp³-hybridized carbons (Fsp3) is 0.571. The van der Waals surface area contributed by atoms with Crippen molar-refractivity contribution in [1.29, 1.82) is 0 Å². The molecule has 2 amide bonds. The van der Waals surface area contributed by atoms with Crippen LogP contribution in [0.15, 0.2) is 16.5 Å². The first-order valence-electron chi connectivity index (χ1n) is 7.06. The van der Waals surface area contributed by atoms with Crippen LogP contribution in [0, 0.1) is 0 Å². The number of ether oxygens (including phenoxy) is 1. The molecule has 0 bridgehead atoms. The van der Waals surface area contributed by atoms with Crippen LogP contribution in [0.4, 0.5) is 4.79 Å². The van der Waals surface area contributed by atoms with Gasteiger partial charge in [0.05, 0.1) is 12.6 Å². The van der Waals surface area contributed by atoms with E-state index in [0.29, 0.717) is 25.5 Å². The van der Waals surface area contributed by atoms with E-state index in [9.17, 15) is 9.59 Å². The number of carboxylic acids is 1. The largest absolute Gasteiger partial charge is 0.475 e. The number of nitrogens with one attached hydrogen (secondary N) is 1. The fourth-order valence-electron chi connectivity index (χ4n) is 2.32. The highest BCUT2D eigenvalue weighted by Crippen LogP contribution is 2.14. The average molecular weight is 296 g/mol. The van der Waals surface area contributed by atoms with Crippen molar-refractivity contribution in [3.63, 3.8) is 0 Å². The van der Waals surface area contributed by atoms with E-state index >= 15 is 0 Å². The van der Waals surface area contributed by atoms with Crippen molar-refractivity contribution < 1.29 is 23.8 Å². The van der Waals surface area contributed by atoms with E-state index < -0.39 is 5.97 Å². The molecule has 2 heterocycles. The molecule has 1 aliphatic rings.